The predicted molar refractivity (Wildman–Crippen MR) is 152 cm³/mol. The van der Waals surface area contributed by atoms with Crippen LogP contribution in [0.1, 0.15) is 21.6 Å². The molecule has 8 heteroatoms. The second-order valence-electron chi connectivity index (χ2n) is 8.34. The second kappa shape index (κ2) is 12.1. The summed E-state index contributed by atoms with van der Waals surface area (Å²) in [5, 5.41) is 6.45. The molecule has 0 aliphatic rings. The summed E-state index contributed by atoms with van der Waals surface area (Å²) in [6.45, 7) is 0.738. The number of thiazole rings is 1. The van der Waals surface area contributed by atoms with Crippen molar-refractivity contribution in [1.82, 2.24) is 10.3 Å². The quantitative estimate of drug-likeness (QED) is 0.196. The van der Waals surface area contributed by atoms with E-state index in [-0.39, 0.29) is 5.91 Å². The molecule has 190 valence electrons. The molecular weight excluding hydrogens is 539 g/mol. The lowest BCUT2D eigenvalue weighted by atomic mass is 10.2. The summed E-state index contributed by atoms with van der Waals surface area (Å²) < 4.78 is 11.7. The number of amides is 1. The predicted octanol–water partition coefficient (Wildman–Crippen LogP) is 8.42. The molecule has 4 aromatic carbocycles. The molecule has 0 saturated heterocycles. The van der Waals surface area contributed by atoms with Crippen molar-refractivity contribution in [2.45, 2.75) is 13.2 Å². The van der Waals surface area contributed by atoms with E-state index in [0.717, 1.165) is 27.4 Å². The van der Waals surface area contributed by atoms with Crippen LogP contribution in [0, 0.1) is 0 Å². The Labute approximate surface area is 234 Å². The van der Waals surface area contributed by atoms with Crippen LogP contribution in [0.2, 0.25) is 10.0 Å². The molecule has 0 aliphatic carbocycles. The summed E-state index contributed by atoms with van der Waals surface area (Å²) in [7, 11) is 0. The largest absolute Gasteiger partial charge is 0.489 e. The van der Waals surface area contributed by atoms with E-state index in [9.17, 15) is 4.79 Å². The van der Waals surface area contributed by atoms with Crippen LogP contribution in [0.4, 0.5) is 0 Å². The van der Waals surface area contributed by atoms with Crippen LogP contribution in [-0.4, -0.2) is 10.9 Å². The first-order chi connectivity index (χ1) is 18.5. The van der Waals surface area contributed by atoms with Crippen LogP contribution in [0.5, 0.6) is 17.2 Å². The van der Waals surface area contributed by atoms with E-state index in [0.29, 0.717) is 40.4 Å². The fourth-order valence-corrected chi connectivity index (χ4v) is 4.74. The van der Waals surface area contributed by atoms with Crippen molar-refractivity contribution in [3.05, 3.63) is 129 Å². The van der Waals surface area contributed by atoms with Crippen LogP contribution >= 0.6 is 34.5 Å². The molecule has 0 bridgehead atoms. The highest BCUT2D eigenvalue weighted by molar-refractivity contribution is 7.13. The van der Waals surface area contributed by atoms with Crippen molar-refractivity contribution in [3.63, 3.8) is 0 Å². The minimum Gasteiger partial charge on any atom is -0.489 e. The Morgan fingerprint density at radius 3 is 2.37 bits per heavy atom. The van der Waals surface area contributed by atoms with Gasteiger partial charge in [-0.25, -0.2) is 4.98 Å². The zero-order valence-electron chi connectivity index (χ0n) is 20.1. The Morgan fingerprint density at radius 2 is 1.58 bits per heavy atom. The molecule has 0 unspecified atom stereocenters. The van der Waals surface area contributed by atoms with E-state index in [4.69, 9.17) is 32.7 Å². The van der Waals surface area contributed by atoms with Gasteiger partial charge in [0.25, 0.3) is 5.91 Å². The maximum absolute atomic E-state index is 12.7. The maximum Gasteiger partial charge on any atom is 0.271 e. The molecule has 1 N–H and O–H groups in total. The van der Waals surface area contributed by atoms with E-state index in [1.807, 2.05) is 84.9 Å². The van der Waals surface area contributed by atoms with Gasteiger partial charge in [-0.3, -0.25) is 4.79 Å². The molecule has 38 heavy (non-hydrogen) atoms. The van der Waals surface area contributed by atoms with Crippen LogP contribution in [0.15, 0.2) is 102 Å². The minimum atomic E-state index is -0.233. The molecular formula is C30H22Cl2N2O3S. The van der Waals surface area contributed by atoms with Crippen LogP contribution in [-0.2, 0) is 13.2 Å². The standard InChI is InChI=1S/C30H22Cl2N2O3S/c31-26-14-9-21(16-27(26)32)18-36-23-12-10-22(11-13-23)30-34-28(19-38-30)29(35)33-17-20-5-4-8-25(15-20)37-24-6-2-1-3-7-24/h1-16,19H,17-18H2,(H,33,35). The Kier molecular flexibility index (Phi) is 8.24. The number of rotatable bonds is 9. The van der Waals surface area contributed by atoms with E-state index in [1.165, 1.54) is 11.3 Å². The van der Waals surface area contributed by atoms with Gasteiger partial charge in [-0.2, -0.15) is 0 Å². The van der Waals surface area contributed by atoms with Gasteiger partial charge >= 0.3 is 0 Å². The number of nitrogens with zero attached hydrogens (tertiary/aromatic N) is 1. The number of hydrogen-bond donors (Lipinski definition) is 1. The number of aromatic nitrogens is 1. The first kappa shape index (κ1) is 25.8. The van der Waals surface area contributed by atoms with Crippen molar-refractivity contribution in [2.24, 2.45) is 0 Å². The highest BCUT2D eigenvalue weighted by Gasteiger charge is 2.12. The van der Waals surface area contributed by atoms with Crippen LogP contribution < -0.4 is 14.8 Å². The number of benzene rings is 4. The zero-order chi connectivity index (χ0) is 26.3. The number of carbonyl (C=O) groups is 1. The molecule has 5 nitrogen and oxygen atoms in total. The summed E-state index contributed by atoms with van der Waals surface area (Å²) in [5.41, 5.74) is 3.14. The second-order valence-corrected chi connectivity index (χ2v) is 10.0. The van der Waals surface area contributed by atoms with Gasteiger partial charge in [-0.1, -0.05) is 59.6 Å². The summed E-state index contributed by atoms with van der Waals surface area (Å²) in [6.07, 6.45) is 0. The van der Waals surface area contributed by atoms with Crippen molar-refractivity contribution in [1.29, 1.82) is 0 Å². The van der Waals surface area contributed by atoms with Gasteiger partial charge in [0, 0.05) is 17.5 Å². The first-order valence-electron chi connectivity index (χ1n) is 11.8. The Hall–Kier alpha value is -3.84. The molecule has 0 saturated carbocycles. The SMILES string of the molecule is O=C(NCc1cccc(Oc2ccccc2)c1)c1csc(-c2ccc(OCc3ccc(Cl)c(Cl)c3)cc2)n1. The molecule has 1 heterocycles. The Morgan fingerprint density at radius 1 is 0.789 bits per heavy atom. The van der Waals surface area contributed by atoms with Crippen molar-refractivity contribution < 1.29 is 14.3 Å². The smallest absolute Gasteiger partial charge is 0.271 e. The molecule has 0 spiro atoms. The summed E-state index contributed by atoms with van der Waals surface area (Å²) >= 11 is 13.4. The van der Waals surface area contributed by atoms with Crippen molar-refractivity contribution in [2.75, 3.05) is 0 Å². The first-order valence-corrected chi connectivity index (χ1v) is 13.4. The maximum atomic E-state index is 12.7. The van der Waals surface area contributed by atoms with E-state index < -0.39 is 0 Å². The highest BCUT2D eigenvalue weighted by Crippen LogP contribution is 2.27. The number of nitrogens with one attached hydrogen (secondary N) is 1. The topological polar surface area (TPSA) is 60.5 Å². The average Bonchev–Trinajstić information content (AvgIpc) is 3.44. The number of halogens is 2. The summed E-state index contributed by atoms with van der Waals surface area (Å²) in [5.74, 6) is 1.95. The lowest BCUT2D eigenvalue weighted by Gasteiger charge is -2.08. The number of hydrogen-bond acceptors (Lipinski definition) is 5. The van der Waals surface area contributed by atoms with Gasteiger partial charge < -0.3 is 14.8 Å². The molecule has 0 atom stereocenters. The minimum absolute atomic E-state index is 0.233. The number of carbonyl (C=O) groups excluding carboxylic acids is 1. The van der Waals surface area contributed by atoms with Crippen LogP contribution in [0.3, 0.4) is 0 Å². The van der Waals surface area contributed by atoms with Crippen LogP contribution in [0.25, 0.3) is 10.6 Å². The Balaban J connectivity index is 1.15. The van der Waals surface area contributed by atoms with Gasteiger partial charge in [-0.05, 0) is 71.8 Å². The third-order valence-corrected chi connectivity index (χ3v) is 7.19. The van der Waals surface area contributed by atoms with Gasteiger partial charge in [0.15, 0.2) is 0 Å². The van der Waals surface area contributed by atoms with Gasteiger partial charge in [-0.15, -0.1) is 11.3 Å². The highest BCUT2D eigenvalue weighted by atomic mass is 35.5. The number of para-hydroxylation sites is 1. The fourth-order valence-electron chi connectivity index (χ4n) is 3.62. The fraction of sp³-hybridized carbons (Fsp3) is 0.0667. The van der Waals surface area contributed by atoms with E-state index in [2.05, 4.69) is 10.3 Å². The average molecular weight is 561 g/mol. The normalized spacial score (nSPS) is 10.7. The molecule has 0 radical (unpaired) electrons. The van der Waals surface area contributed by atoms with Crippen molar-refractivity contribution in [3.8, 4) is 27.8 Å². The van der Waals surface area contributed by atoms with E-state index >= 15 is 0 Å². The molecule has 1 aromatic heterocycles. The lowest BCUT2D eigenvalue weighted by molar-refractivity contribution is 0.0946. The van der Waals surface area contributed by atoms with Gasteiger partial charge in [0.2, 0.25) is 0 Å². The molecule has 5 rings (SSSR count). The molecule has 0 aliphatic heterocycles. The van der Waals surface area contributed by atoms with E-state index in [1.54, 1.807) is 17.5 Å². The summed E-state index contributed by atoms with van der Waals surface area (Å²) in [4.78, 5) is 17.2. The van der Waals surface area contributed by atoms with Crippen molar-refractivity contribution >= 4 is 40.4 Å². The summed E-state index contributed by atoms with van der Waals surface area (Å²) in [6, 6.07) is 30.2. The zero-order valence-corrected chi connectivity index (χ0v) is 22.4. The lowest BCUT2D eigenvalue weighted by Crippen LogP contribution is -2.23. The third-order valence-electron chi connectivity index (χ3n) is 5.56. The molecule has 1 amide bonds. The Bertz CT molecular complexity index is 1540. The monoisotopic (exact) mass is 560 g/mol. The third kappa shape index (κ3) is 6.72. The van der Waals surface area contributed by atoms with Gasteiger partial charge in [0.05, 0.1) is 10.0 Å². The molecule has 5 aromatic rings. The molecule has 0 fully saturated rings. The van der Waals surface area contributed by atoms with Gasteiger partial charge in [0.1, 0.15) is 34.6 Å². The number of ether oxygens (including phenoxy) is 2.